The van der Waals surface area contributed by atoms with E-state index < -0.39 is 0 Å². The summed E-state index contributed by atoms with van der Waals surface area (Å²) in [5.41, 5.74) is 2.04. The number of carbonyl (C=O) groups is 1. The second-order valence-corrected chi connectivity index (χ2v) is 7.96. The number of hydrogen-bond acceptors (Lipinski definition) is 5. The first kappa shape index (κ1) is 16.7. The van der Waals surface area contributed by atoms with Crippen LogP contribution in [0.15, 0.2) is 36.0 Å². The number of ether oxygens (including phenoxy) is 1. The van der Waals surface area contributed by atoms with Crippen molar-refractivity contribution in [3.8, 4) is 0 Å². The highest BCUT2D eigenvalue weighted by Crippen LogP contribution is 2.34. The molecule has 3 atom stereocenters. The monoisotopic (exact) mass is 357 g/mol. The van der Waals surface area contributed by atoms with Crippen LogP contribution in [0.1, 0.15) is 20.8 Å². The van der Waals surface area contributed by atoms with Gasteiger partial charge in [0.15, 0.2) is 0 Å². The molecule has 0 bridgehead atoms. The molecule has 0 spiro atoms. The van der Waals surface area contributed by atoms with Gasteiger partial charge in [-0.25, -0.2) is 0 Å². The molecule has 2 saturated heterocycles. The maximum Gasteiger partial charge on any atom is 0.251 e. The van der Waals surface area contributed by atoms with Crippen molar-refractivity contribution in [2.45, 2.75) is 19.6 Å². The lowest BCUT2D eigenvalue weighted by molar-refractivity contribution is 0.0904. The van der Waals surface area contributed by atoms with Gasteiger partial charge in [-0.15, -0.1) is 11.3 Å². The molecule has 4 heterocycles. The number of nitrogens with zero attached hydrogens (tertiary/aromatic N) is 2. The van der Waals surface area contributed by atoms with Gasteiger partial charge in [-0.05, 0) is 36.1 Å². The summed E-state index contributed by atoms with van der Waals surface area (Å²) < 4.78 is 6.01. The third kappa shape index (κ3) is 3.61. The summed E-state index contributed by atoms with van der Waals surface area (Å²) in [4.78, 5) is 20.1. The predicted octanol–water partition coefficient (Wildman–Crippen LogP) is 2.33. The van der Waals surface area contributed by atoms with Gasteiger partial charge in [0.1, 0.15) is 0 Å². The number of rotatable bonds is 5. The molecule has 6 heteroatoms. The maximum atomic E-state index is 12.2. The summed E-state index contributed by atoms with van der Waals surface area (Å²) in [6, 6.07) is 5.67. The van der Waals surface area contributed by atoms with Crippen molar-refractivity contribution in [3.63, 3.8) is 0 Å². The molecule has 2 aromatic heterocycles. The molecule has 0 radical (unpaired) electrons. The Morgan fingerprint density at radius 2 is 2.20 bits per heavy atom. The fourth-order valence-corrected chi connectivity index (χ4v) is 4.77. The molecule has 25 heavy (non-hydrogen) atoms. The molecule has 2 aromatic rings. The summed E-state index contributed by atoms with van der Waals surface area (Å²) in [5, 5.41) is 5.22. The molecule has 0 saturated carbocycles. The van der Waals surface area contributed by atoms with Gasteiger partial charge >= 0.3 is 0 Å². The zero-order valence-corrected chi connectivity index (χ0v) is 15.2. The summed E-state index contributed by atoms with van der Waals surface area (Å²) in [6.07, 6.45) is 3.60. The lowest BCUT2D eigenvalue weighted by Gasteiger charge is -2.19. The normalized spacial score (nSPS) is 25.9. The zero-order chi connectivity index (χ0) is 17.2. The number of aromatic nitrogens is 1. The van der Waals surface area contributed by atoms with Gasteiger partial charge in [0, 0.05) is 60.8 Å². The topological polar surface area (TPSA) is 54.5 Å². The molecular formula is C19H23N3O2S. The molecular weight excluding hydrogens is 334 g/mol. The first-order valence-corrected chi connectivity index (χ1v) is 9.64. The van der Waals surface area contributed by atoms with Crippen molar-refractivity contribution in [1.29, 1.82) is 0 Å². The molecule has 2 aliphatic heterocycles. The van der Waals surface area contributed by atoms with E-state index in [1.807, 2.05) is 11.3 Å². The van der Waals surface area contributed by atoms with Gasteiger partial charge < -0.3 is 10.1 Å². The van der Waals surface area contributed by atoms with Crippen LogP contribution >= 0.6 is 11.3 Å². The summed E-state index contributed by atoms with van der Waals surface area (Å²) in [6.45, 7) is 6.66. The highest BCUT2D eigenvalue weighted by molar-refractivity contribution is 7.10. The summed E-state index contributed by atoms with van der Waals surface area (Å²) in [5.74, 6) is 0.873. The molecule has 2 fully saturated rings. The molecule has 1 N–H and O–H groups in total. The van der Waals surface area contributed by atoms with E-state index in [0.29, 0.717) is 30.0 Å². The molecule has 1 amide bonds. The van der Waals surface area contributed by atoms with Crippen molar-refractivity contribution in [2.24, 2.45) is 11.8 Å². The van der Waals surface area contributed by atoms with Crippen LogP contribution in [-0.4, -0.2) is 48.1 Å². The van der Waals surface area contributed by atoms with E-state index in [1.165, 1.54) is 10.4 Å². The van der Waals surface area contributed by atoms with E-state index in [9.17, 15) is 4.79 Å². The molecule has 0 aliphatic carbocycles. The van der Waals surface area contributed by atoms with Crippen LogP contribution in [0.5, 0.6) is 0 Å². The van der Waals surface area contributed by atoms with E-state index in [0.717, 1.165) is 26.2 Å². The van der Waals surface area contributed by atoms with Gasteiger partial charge in [-0.1, -0.05) is 0 Å². The quantitative estimate of drug-likeness (QED) is 0.892. The second kappa shape index (κ2) is 7.23. The number of aryl methyl sites for hydroxylation is 1. The predicted molar refractivity (Wildman–Crippen MR) is 97.6 cm³/mol. The Morgan fingerprint density at radius 3 is 2.96 bits per heavy atom. The Morgan fingerprint density at radius 1 is 1.36 bits per heavy atom. The van der Waals surface area contributed by atoms with Crippen molar-refractivity contribution >= 4 is 17.2 Å². The van der Waals surface area contributed by atoms with Crippen molar-refractivity contribution in [3.05, 3.63) is 52.0 Å². The Bertz CT molecular complexity index is 733. The molecule has 132 valence electrons. The second-order valence-electron chi connectivity index (χ2n) is 6.96. The number of pyridine rings is 1. The first-order chi connectivity index (χ1) is 12.2. The van der Waals surface area contributed by atoms with Crippen molar-refractivity contribution in [1.82, 2.24) is 15.2 Å². The van der Waals surface area contributed by atoms with Crippen molar-refractivity contribution in [2.75, 3.05) is 26.2 Å². The Kier molecular flexibility index (Phi) is 4.83. The van der Waals surface area contributed by atoms with Crippen LogP contribution in [0.25, 0.3) is 0 Å². The average Bonchev–Trinajstić information content (AvgIpc) is 3.31. The van der Waals surface area contributed by atoms with Crippen LogP contribution < -0.4 is 5.32 Å². The van der Waals surface area contributed by atoms with Crippen LogP contribution in [0.2, 0.25) is 0 Å². The first-order valence-electron chi connectivity index (χ1n) is 8.76. The number of likely N-dealkylation sites (tertiary alicyclic amines) is 1. The van der Waals surface area contributed by atoms with Gasteiger partial charge in [0.2, 0.25) is 0 Å². The minimum absolute atomic E-state index is 0.0325. The van der Waals surface area contributed by atoms with Gasteiger partial charge in [-0.2, -0.15) is 0 Å². The Balaban J connectivity index is 1.31. The molecule has 5 nitrogen and oxygen atoms in total. The molecule has 0 unspecified atom stereocenters. The van der Waals surface area contributed by atoms with Crippen LogP contribution in [-0.2, 0) is 11.3 Å². The number of amides is 1. The lowest BCUT2D eigenvalue weighted by atomic mass is 9.93. The van der Waals surface area contributed by atoms with E-state index in [4.69, 9.17) is 4.74 Å². The number of carbonyl (C=O) groups excluding carboxylic acids is 1. The largest absolute Gasteiger partial charge is 0.376 e. The van der Waals surface area contributed by atoms with E-state index in [2.05, 4.69) is 33.6 Å². The van der Waals surface area contributed by atoms with E-state index in [-0.39, 0.29) is 5.91 Å². The Labute approximate surface area is 152 Å². The average molecular weight is 357 g/mol. The molecule has 4 rings (SSSR count). The SMILES string of the molecule is Cc1ccsc1CN1C[C@H]2[C@H](CNC(=O)c3ccncc3)CO[C@H]2C1. The third-order valence-electron chi connectivity index (χ3n) is 5.32. The zero-order valence-electron chi connectivity index (χ0n) is 14.4. The van der Waals surface area contributed by atoms with Gasteiger partial charge in [-0.3, -0.25) is 14.7 Å². The van der Waals surface area contributed by atoms with E-state index in [1.54, 1.807) is 24.5 Å². The van der Waals surface area contributed by atoms with Crippen LogP contribution in [0.3, 0.4) is 0 Å². The highest BCUT2D eigenvalue weighted by atomic mass is 32.1. The number of thiophene rings is 1. The van der Waals surface area contributed by atoms with E-state index >= 15 is 0 Å². The highest BCUT2D eigenvalue weighted by Gasteiger charge is 2.43. The smallest absolute Gasteiger partial charge is 0.251 e. The third-order valence-corrected chi connectivity index (χ3v) is 6.33. The minimum Gasteiger partial charge on any atom is -0.376 e. The standard InChI is InChI=1S/C19H23N3O2S/c1-13-4-7-25-18(13)11-22-9-16-15(12-24-17(16)10-22)8-21-19(23)14-2-5-20-6-3-14/h2-7,15-17H,8-12H2,1H3,(H,21,23)/t15-,16+,17+/m1/s1. The van der Waals surface area contributed by atoms with Gasteiger partial charge in [0.05, 0.1) is 12.7 Å². The lowest BCUT2D eigenvalue weighted by Crippen LogP contribution is -2.34. The fourth-order valence-electron chi connectivity index (χ4n) is 3.82. The van der Waals surface area contributed by atoms with Gasteiger partial charge in [0.25, 0.3) is 5.91 Å². The van der Waals surface area contributed by atoms with Crippen LogP contribution in [0.4, 0.5) is 0 Å². The summed E-state index contributed by atoms with van der Waals surface area (Å²) >= 11 is 1.83. The number of nitrogens with one attached hydrogen (secondary N) is 1. The van der Waals surface area contributed by atoms with Crippen LogP contribution in [0, 0.1) is 18.8 Å². The molecule has 0 aromatic carbocycles. The Hall–Kier alpha value is -1.76. The summed E-state index contributed by atoms with van der Waals surface area (Å²) in [7, 11) is 0. The number of fused-ring (bicyclic) bond motifs is 1. The minimum atomic E-state index is -0.0325. The maximum absolute atomic E-state index is 12.2. The molecule has 2 aliphatic rings. The fraction of sp³-hybridized carbons (Fsp3) is 0.474. The number of hydrogen-bond donors (Lipinski definition) is 1. The van der Waals surface area contributed by atoms with Crippen molar-refractivity contribution < 1.29 is 9.53 Å².